The van der Waals surface area contributed by atoms with E-state index >= 15 is 0 Å². The predicted molar refractivity (Wildman–Crippen MR) is 90.5 cm³/mol. The van der Waals surface area contributed by atoms with Crippen LogP contribution in [0.4, 0.5) is 11.4 Å². The molecule has 1 amide bonds. The number of hydrogen-bond donors (Lipinski definition) is 1. The first kappa shape index (κ1) is 16.7. The van der Waals surface area contributed by atoms with Crippen LogP contribution in [0.25, 0.3) is 0 Å². The van der Waals surface area contributed by atoms with Crippen molar-refractivity contribution in [3.05, 3.63) is 69.8 Å². The van der Waals surface area contributed by atoms with Gasteiger partial charge in [-0.1, -0.05) is 44.2 Å². The van der Waals surface area contributed by atoms with Crippen LogP contribution in [0, 0.1) is 23.0 Å². The monoisotopic (exact) mass is 312 g/mol. The molecule has 0 heterocycles. The molecule has 2 rings (SSSR count). The molecule has 0 aromatic heterocycles. The maximum atomic E-state index is 12.7. The number of benzene rings is 2. The predicted octanol–water partition coefficient (Wildman–Crippen LogP) is 4.28. The Morgan fingerprint density at radius 3 is 2.22 bits per heavy atom. The molecule has 120 valence electrons. The zero-order valence-corrected chi connectivity index (χ0v) is 13.4. The Balaban J connectivity index is 2.25. The molecule has 2 aromatic carbocycles. The second-order valence-electron chi connectivity index (χ2n) is 5.87. The zero-order chi connectivity index (χ0) is 17.0. The molecule has 0 radical (unpaired) electrons. The summed E-state index contributed by atoms with van der Waals surface area (Å²) in [5.41, 5.74) is 2.57. The van der Waals surface area contributed by atoms with E-state index in [-0.39, 0.29) is 23.4 Å². The molecule has 0 bridgehead atoms. The fraction of sp³-hybridized carbons (Fsp3) is 0.278. The molecule has 0 aliphatic heterocycles. The van der Waals surface area contributed by atoms with Crippen molar-refractivity contribution in [1.29, 1.82) is 0 Å². The molecule has 5 nitrogen and oxygen atoms in total. The van der Waals surface area contributed by atoms with Gasteiger partial charge in [0.05, 0.1) is 10.8 Å². The lowest BCUT2D eigenvalue weighted by Crippen LogP contribution is -2.25. The minimum atomic E-state index is -0.443. The molecular weight excluding hydrogens is 292 g/mol. The average Bonchev–Trinajstić information content (AvgIpc) is 2.50. The number of amides is 1. The highest BCUT2D eigenvalue weighted by molar-refractivity contribution is 5.96. The number of carbonyl (C=O) groups excluding carboxylic acids is 1. The van der Waals surface area contributed by atoms with Gasteiger partial charge in [0.1, 0.15) is 0 Å². The van der Waals surface area contributed by atoms with E-state index in [0.29, 0.717) is 0 Å². The molecule has 0 spiro atoms. The topological polar surface area (TPSA) is 72.2 Å². The lowest BCUT2D eigenvalue weighted by molar-refractivity contribution is -0.384. The van der Waals surface area contributed by atoms with Crippen LogP contribution in [0.1, 0.15) is 30.9 Å². The normalized spacial score (nSPS) is 12.0. The van der Waals surface area contributed by atoms with Crippen LogP contribution < -0.4 is 5.32 Å². The van der Waals surface area contributed by atoms with Crippen LogP contribution in [-0.4, -0.2) is 10.8 Å². The van der Waals surface area contributed by atoms with Crippen LogP contribution in [-0.2, 0) is 4.79 Å². The number of para-hydroxylation sites is 1. The molecule has 0 aliphatic rings. The van der Waals surface area contributed by atoms with Crippen LogP contribution >= 0.6 is 0 Å². The Bertz CT molecular complexity index is 708. The molecule has 0 aliphatic carbocycles. The standard InChI is InChI=1S/C18H20N2O3/c1-12(2)17(14-8-10-15(11-9-14)20(22)23)18(21)19-16-7-5-4-6-13(16)3/h4-12,17H,1-3H3,(H,19,21). The second-order valence-corrected chi connectivity index (χ2v) is 5.87. The van der Waals surface area contributed by atoms with Gasteiger partial charge in [-0.2, -0.15) is 0 Å². The van der Waals surface area contributed by atoms with E-state index in [2.05, 4.69) is 5.32 Å². The number of hydrogen-bond acceptors (Lipinski definition) is 3. The van der Waals surface area contributed by atoms with Crippen LogP contribution in [0.2, 0.25) is 0 Å². The maximum Gasteiger partial charge on any atom is 0.269 e. The summed E-state index contributed by atoms with van der Waals surface area (Å²) in [7, 11) is 0. The van der Waals surface area contributed by atoms with Gasteiger partial charge in [-0.25, -0.2) is 0 Å². The van der Waals surface area contributed by atoms with Gasteiger partial charge in [-0.3, -0.25) is 14.9 Å². The first-order valence-corrected chi connectivity index (χ1v) is 7.51. The van der Waals surface area contributed by atoms with Crippen molar-refractivity contribution < 1.29 is 9.72 Å². The summed E-state index contributed by atoms with van der Waals surface area (Å²) in [4.78, 5) is 23.0. The Morgan fingerprint density at radius 1 is 1.09 bits per heavy atom. The fourth-order valence-corrected chi connectivity index (χ4v) is 2.57. The number of carbonyl (C=O) groups is 1. The van der Waals surface area contributed by atoms with Crippen molar-refractivity contribution >= 4 is 17.3 Å². The van der Waals surface area contributed by atoms with E-state index in [0.717, 1.165) is 16.8 Å². The molecule has 1 unspecified atom stereocenters. The van der Waals surface area contributed by atoms with Gasteiger partial charge < -0.3 is 5.32 Å². The van der Waals surface area contributed by atoms with Crippen molar-refractivity contribution in [3.8, 4) is 0 Å². The quantitative estimate of drug-likeness (QED) is 0.661. The van der Waals surface area contributed by atoms with Crippen LogP contribution in [0.5, 0.6) is 0 Å². The summed E-state index contributed by atoms with van der Waals surface area (Å²) in [6.07, 6.45) is 0. The van der Waals surface area contributed by atoms with Gasteiger partial charge in [0.25, 0.3) is 5.69 Å². The largest absolute Gasteiger partial charge is 0.325 e. The Hall–Kier alpha value is -2.69. The molecule has 2 aromatic rings. The smallest absolute Gasteiger partial charge is 0.269 e. The van der Waals surface area contributed by atoms with Crippen molar-refractivity contribution in [2.24, 2.45) is 5.92 Å². The number of nitrogens with one attached hydrogen (secondary N) is 1. The van der Waals surface area contributed by atoms with Gasteiger partial charge >= 0.3 is 0 Å². The van der Waals surface area contributed by atoms with E-state index < -0.39 is 4.92 Å². The van der Waals surface area contributed by atoms with E-state index in [1.54, 1.807) is 12.1 Å². The van der Waals surface area contributed by atoms with Crippen molar-refractivity contribution in [2.45, 2.75) is 26.7 Å². The van der Waals surface area contributed by atoms with Gasteiger partial charge in [-0.05, 0) is 30.0 Å². The summed E-state index contributed by atoms with van der Waals surface area (Å²) in [6, 6.07) is 13.8. The molecule has 1 atom stereocenters. The number of nitrogens with zero attached hydrogens (tertiary/aromatic N) is 1. The summed E-state index contributed by atoms with van der Waals surface area (Å²) in [6.45, 7) is 5.86. The van der Waals surface area contributed by atoms with Crippen molar-refractivity contribution in [1.82, 2.24) is 0 Å². The minimum absolute atomic E-state index is 0.0237. The summed E-state index contributed by atoms with van der Waals surface area (Å²) < 4.78 is 0. The molecule has 23 heavy (non-hydrogen) atoms. The second kappa shape index (κ2) is 7.05. The van der Waals surface area contributed by atoms with Gasteiger partial charge in [0.15, 0.2) is 0 Å². The molecular formula is C18H20N2O3. The van der Waals surface area contributed by atoms with Crippen molar-refractivity contribution in [3.63, 3.8) is 0 Å². The number of non-ortho nitro benzene ring substituents is 1. The molecule has 1 N–H and O–H groups in total. The summed E-state index contributed by atoms with van der Waals surface area (Å²) in [5, 5.41) is 13.7. The van der Waals surface area contributed by atoms with Gasteiger partial charge in [-0.15, -0.1) is 0 Å². The number of rotatable bonds is 5. The van der Waals surface area contributed by atoms with E-state index in [1.807, 2.05) is 45.0 Å². The molecule has 5 heteroatoms. The minimum Gasteiger partial charge on any atom is -0.325 e. The molecule has 0 fully saturated rings. The van der Waals surface area contributed by atoms with E-state index in [1.165, 1.54) is 12.1 Å². The summed E-state index contributed by atoms with van der Waals surface area (Å²) >= 11 is 0. The number of aryl methyl sites for hydroxylation is 1. The highest BCUT2D eigenvalue weighted by Gasteiger charge is 2.25. The highest BCUT2D eigenvalue weighted by atomic mass is 16.6. The third kappa shape index (κ3) is 3.94. The number of anilines is 1. The van der Waals surface area contributed by atoms with Gasteiger partial charge in [0, 0.05) is 17.8 Å². The number of nitro groups is 1. The first-order valence-electron chi connectivity index (χ1n) is 7.51. The van der Waals surface area contributed by atoms with E-state index in [9.17, 15) is 14.9 Å². The average molecular weight is 312 g/mol. The van der Waals surface area contributed by atoms with Gasteiger partial charge in [0.2, 0.25) is 5.91 Å². The van der Waals surface area contributed by atoms with Crippen molar-refractivity contribution in [2.75, 3.05) is 5.32 Å². The molecule has 0 saturated carbocycles. The third-order valence-electron chi connectivity index (χ3n) is 3.82. The number of nitro benzene ring substituents is 1. The lowest BCUT2D eigenvalue weighted by atomic mass is 9.87. The van der Waals surface area contributed by atoms with Crippen LogP contribution in [0.15, 0.2) is 48.5 Å². The third-order valence-corrected chi connectivity index (χ3v) is 3.82. The van der Waals surface area contributed by atoms with Crippen LogP contribution in [0.3, 0.4) is 0 Å². The first-order chi connectivity index (χ1) is 10.9. The fourth-order valence-electron chi connectivity index (χ4n) is 2.57. The maximum absolute atomic E-state index is 12.7. The Kier molecular flexibility index (Phi) is 5.11. The van der Waals surface area contributed by atoms with E-state index in [4.69, 9.17) is 0 Å². The Labute approximate surface area is 135 Å². The Morgan fingerprint density at radius 2 is 1.70 bits per heavy atom. The summed E-state index contributed by atoms with van der Waals surface area (Å²) in [5.74, 6) is -0.404. The zero-order valence-electron chi connectivity index (χ0n) is 13.4. The lowest BCUT2D eigenvalue weighted by Gasteiger charge is -2.21. The molecule has 0 saturated heterocycles. The highest BCUT2D eigenvalue weighted by Crippen LogP contribution is 2.28. The SMILES string of the molecule is Cc1ccccc1NC(=O)C(c1ccc([N+](=O)[O-])cc1)C(C)C.